The van der Waals surface area contributed by atoms with E-state index in [1.165, 1.54) is 6.07 Å². The normalized spacial score (nSPS) is 29.3. The first-order valence-corrected chi connectivity index (χ1v) is 7.06. The van der Waals surface area contributed by atoms with Gasteiger partial charge in [0.05, 0.1) is 6.04 Å². The number of hydrogen-bond donors (Lipinski definition) is 3. The molecule has 0 amide bonds. The molecule has 0 fully saturated rings. The lowest BCUT2D eigenvalue weighted by Gasteiger charge is -2.43. The first-order chi connectivity index (χ1) is 9.67. The van der Waals surface area contributed by atoms with E-state index in [1.54, 1.807) is 13.0 Å². The molecule has 4 N–H and O–H groups in total. The van der Waals surface area contributed by atoms with E-state index >= 15 is 0 Å². The summed E-state index contributed by atoms with van der Waals surface area (Å²) in [5.74, 6) is -0.556. The molecule has 0 spiro atoms. The number of fused-ring (bicyclic) bond motifs is 1. The molecule has 1 aromatic carbocycles. The van der Waals surface area contributed by atoms with E-state index in [2.05, 4.69) is 0 Å². The van der Waals surface area contributed by atoms with Crippen LogP contribution in [-0.2, 0) is 6.42 Å². The van der Waals surface area contributed by atoms with Crippen LogP contribution in [0.15, 0.2) is 12.1 Å². The average Bonchev–Trinajstić information content (AvgIpc) is 2.41. The number of nitrogens with two attached hydrogens (primary N) is 1. The van der Waals surface area contributed by atoms with Gasteiger partial charge in [-0.1, -0.05) is 26.0 Å². The molecule has 0 saturated heterocycles. The molecule has 0 aromatic heterocycles. The Labute approximate surface area is 121 Å². The molecule has 0 unspecified atom stereocenters. The van der Waals surface area contributed by atoms with Crippen LogP contribution >= 0.6 is 0 Å². The Morgan fingerprint density at radius 1 is 1.33 bits per heavy atom. The van der Waals surface area contributed by atoms with Crippen LogP contribution in [0.25, 0.3) is 0 Å². The molecule has 21 heavy (non-hydrogen) atoms. The minimum absolute atomic E-state index is 0.0153. The largest absolute Gasteiger partial charge is 0.507 e. The van der Waals surface area contributed by atoms with Crippen molar-refractivity contribution in [1.82, 2.24) is 0 Å². The van der Waals surface area contributed by atoms with Gasteiger partial charge in [0, 0.05) is 5.56 Å². The Hall–Kier alpha value is -1.27. The van der Waals surface area contributed by atoms with Crippen molar-refractivity contribution in [1.29, 1.82) is 0 Å². The van der Waals surface area contributed by atoms with Gasteiger partial charge in [-0.05, 0) is 36.3 Å². The molecule has 118 valence electrons. The minimum Gasteiger partial charge on any atom is -0.507 e. The Kier molecular flexibility index (Phi) is 3.97. The number of rotatable bonds is 2. The molecular formula is C15H20F3NO2. The average molecular weight is 303 g/mol. The fraction of sp³-hybridized carbons (Fsp3) is 0.600. The number of aromatic hydroxyl groups is 1. The molecule has 0 radical (unpaired) electrons. The summed E-state index contributed by atoms with van der Waals surface area (Å²) in [4.78, 5) is 0. The van der Waals surface area contributed by atoms with Gasteiger partial charge in [0.2, 0.25) is 0 Å². The van der Waals surface area contributed by atoms with Gasteiger partial charge in [-0.3, -0.25) is 0 Å². The predicted octanol–water partition coefficient (Wildman–Crippen LogP) is 3.15. The number of hydrogen-bond acceptors (Lipinski definition) is 3. The standard InChI is InChI=1S/C15H20F3NO2/c1-3-8-5-6-10-11(12(8)20)9(4-2)7-14(21,13(10)19)15(16,17)18/h5-6,9,13,20-21H,3-4,7,19H2,1-2H3/t9-,13-,14+/m0/s1. The van der Waals surface area contributed by atoms with E-state index in [9.17, 15) is 23.4 Å². The van der Waals surface area contributed by atoms with Crippen LogP contribution in [0.4, 0.5) is 13.2 Å². The highest BCUT2D eigenvalue weighted by molar-refractivity contribution is 5.51. The number of phenols is 1. The van der Waals surface area contributed by atoms with Crippen LogP contribution < -0.4 is 5.73 Å². The molecule has 1 aliphatic carbocycles. The van der Waals surface area contributed by atoms with E-state index in [0.717, 1.165) is 0 Å². The Balaban J connectivity index is 2.65. The van der Waals surface area contributed by atoms with Gasteiger partial charge >= 0.3 is 6.18 Å². The lowest BCUT2D eigenvalue weighted by molar-refractivity contribution is -0.275. The number of aryl methyl sites for hydroxylation is 1. The lowest BCUT2D eigenvalue weighted by atomic mass is 9.69. The molecule has 0 bridgehead atoms. The van der Waals surface area contributed by atoms with Crippen molar-refractivity contribution in [3.8, 4) is 5.75 Å². The van der Waals surface area contributed by atoms with Gasteiger partial charge < -0.3 is 15.9 Å². The van der Waals surface area contributed by atoms with Crippen LogP contribution in [0.2, 0.25) is 0 Å². The maximum atomic E-state index is 13.2. The summed E-state index contributed by atoms with van der Waals surface area (Å²) in [7, 11) is 0. The Morgan fingerprint density at radius 3 is 2.43 bits per heavy atom. The maximum Gasteiger partial charge on any atom is 0.419 e. The van der Waals surface area contributed by atoms with Gasteiger partial charge in [-0.2, -0.15) is 13.2 Å². The van der Waals surface area contributed by atoms with Gasteiger partial charge in [-0.25, -0.2) is 0 Å². The molecule has 2 rings (SSSR count). The van der Waals surface area contributed by atoms with Crippen molar-refractivity contribution in [2.24, 2.45) is 5.73 Å². The molecule has 6 heteroatoms. The summed E-state index contributed by atoms with van der Waals surface area (Å²) in [5.41, 5.74) is 4.07. The molecule has 1 aromatic rings. The van der Waals surface area contributed by atoms with Gasteiger partial charge in [0.25, 0.3) is 0 Å². The summed E-state index contributed by atoms with van der Waals surface area (Å²) in [6.07, 6.45) is -4.37. The number of alkyl halides is 3. The number of aliphatic hydroxyl groups is 1. The SMILES string of the molecule is CCc1ccc2c(c1O)[C@@H](CC)C[C@](O)(C(F)(F)F)[C@H]2N. The smallest absolute Gasteiger partial charge is 0.419 e. The van der Waals surface area contributed by atoms with E-state index in [-0.39, 0.29) is 11.3 Å². The second-order valence-electron chi connectivity index (χ2n) is 5.64. The molecule has 0 saturated carbocycles. The van der Waals surface area contributed by atoms with E-state index < -0.39 is 30.2 Å². The second-order valence-corrected chi connectivity index (χ2v) is 5.64. The minimum atomic E-state index is -4.81. The van der Waals surface area contributed by atoms with E-state index in [4.69, 9.17) is 5.73 Å². The van der Waals surface area contributed by atoms with Crippen molar-refractivity contribution in [3.63, 3.8) is 0 Å². The third-order valence-electron chi connectivity index (χ3n) is 4.51. The topological polar surface area (TPSA) is 66.5 Å². The number of benzene rings is 1. The van der Waals surface area contributed by atoms with Crippen molar-refractivity contribution in [2.75, 3.05) is 0 Å². The zero-order valence-electron chi connectivity index (χ0n) is 12.0. The third-order valence-corrected chi connectivity index (χ3v) is 4.51. The van der Waals surface area contributed by atoms with Crippen LogP contribution in [0.5, 0.6) is 5.75 Å². The lowest BCUT2D eigenvalue weighted by Crippen LogP contribution is -2.56. The molecule has 0 aliphatic heterocycles. The summed E-state index contributed by atoms with van der Waals surface area (Å²) in [6, 6.07) is 1.48. The van der Waals surface area contributed by atoms with Crippen LogP contribution in [-0.4, -0.2) is 22.0 Å². The number of halogens is 3. The van der Waals surface area contributed by atoms with Gasteiger partial charge in [0.15, 0.2) is 5.60 Å². The molecule has 3 atom stereocenters. The highest BCUT2D eigenvalue weighted by Crippen LogP contribution is 2.53. The summed E-state index contributed by atoms with van der Waals surface area (Å²) in [6.45, 7) is 3.59. The van der Waals surface area contributed by atoms with Crippen molar-refractivity contribution < 1.29 is 23.4 Å². The van der Waals surface area contributed by atoms with Crippen LogP contribution in [0, 0.1) is 0 Å². The predicted molar refractivity (Wildman–Crippen MR) is 73.1 cm³/mol. The quantitative estimate of drug-likeness (QED) is 0.786. The third kappa shape index (κ3) is 2.30. The highest BCUT2D eigenvalue weighted by atomic mass is 19.4. The maximum absolute atomic E-state index is 13.2. The fourth-order valence-electron chi connectivity index (χ4n) is 3.16. The van der Waals surface area contributed by atoms with E-state index in [1.807, 2.05) is 6.92 Å². The Bertz CT molecular complexity index is 544. The van der Waals surface area contributed by atoms with Crippen molar-refractivity contribution in [3.05, 3.63) is 28.8 Å². The van der Waals surface area contributed by atoms with E-state index in [0.29, 0.717) is 24.0 Å². The summed E-state index contributed by atoms with van der Waals surface area (Å²) in [5, 5.41) is 20.4. The molecular weight excluding hydrogens is 283 g/mol. The van der Waals surface area contributed by atoms with Gasteiger partial charge in [0.1, 0.15) is 5.75 Å². The second kappa shape index (κ2) is 5.18. The first-order valence-electron chi connectivity index (χ1n) is 7.06. The highest BCUT2D eigenvalue weighted by Gasteiger charge is 2.61. The fourth-order valence-corrected chi connectivity index (χ4v) is 3.16. The molecule has 1 aliphatic rings. The van der Waals surface area contributed by atoms with Crippen molar-refractivity contribution in [2.45, 2.75) is 56.8 Å². The monoisotopic (exact) mass is 303 g/mol. The molecule has 0 heterocycles. The Morgan fingerprint density at radius 2 is 1.95 bits per heavy atom. The van der Waals surface area contributed by atoms with Crippen molar-refractivity contribution >= 4 is 0 Å². The zero-order valence-corrected chi connectivity index (χ0v) is 12.0. The first kappa shape index (κ1) is 16.1. The zero-order chi connectivity index (χ0) is 16.0. The van der Waals surface area contributed by atoms with Crippen LogP contribution in [0.1, 0.15) is 55.3 Å². The molecule has 3 nitrogen and oxygen atoms in total. The summed E-state index contributed by atoms with van der Waals surface area (Å²) >= 11 is 0. The summed E-state index contributed by atoms with van der Waals surface area (Å²) < 4.78 is 39.7. The van der Waals surface area contributed by atoms with Gasteiger partial charge in [-0.15, -0.1) is 0 Å². The van der Waals surface area contributed by atoms with Crippen LogP contribution in [0.3, 0.4) is 0 Å². The number of phenolic OH excluding ortho intramolecular Hbond substituents is 1.